The molecule has 14 heavy (non-hydrogen) atoms. The molecule has 0 aliphatic carbocycles. The fraction of sp³-hybridized carbons (Fsp3) is 0.111. The number of nitrogens with two attached hydrogens (primary N) is 2. The van der Waals surface area contributed by atoms with Crippen LogP contribution >= 0.6 is 11.6 Å². The van der Waals surface area contributed by atoms with E-state index < -0.39 is 0 Å². The summed E-state index contributed by atoms with van der Waals surface area (Å²) in [5.41, 5.74) is 11.9. The highest BCUT2D eigenvalue weighted by Gasteiger charge is 1.97. The summed E-state index contributed by atoms with van der Waals surface area (Å²) >= 11 is 5.81. The minimum Gasteiger partial charge on any atom is -0.369 e. The van der Waals surface area contributed by atoms with Crippen LogP contribution in [0, 0.1) is 0 Å². The van der Waals surface area contributed by atoms with Crippen LogP contribution in [0.15, 0.2) is 34.5 Å². The van der Waals surface area contributed by atoms with Crippen molar-refractivity contribution >= 4 is 23.3 Å². The Morgan fingerprint density at radius 1 is 1.29 bits per heavy atom. The summed E-state index contributed by atoms with van der Waals surface area (Å²) < 4.78 is 0. The minimum atomic E-state index is -0.0635. The molecule has 0 aliphatic heterocycles. The van der Waals surface area contributed by atoms with Crippen molar-refractivity contribution in [1.82, 2.24) is 0 Å². The Labute approximate surface area is 87.3 Å². The molecule has 1 aromatic carbocycles. The molecule has 0 heterocycles. The highest BCUT2D eigenvalue weighted by atomic mass is 35.5. The molecule has 0 atom stereocenters. The zero-order valence-corrected chi connectivity index (χ0v) is 8.49. The zero-order valence-electron chi connectivity index (χ0n) is 7.74. The average Bonchev–Trinajstić information content (AvgIpc) is 2.14. The number of hydrogen-bond donors (Lipinski definition) is 2. The summed E-state index contributed by atoms with van der Waals surface area (Å²) in [5.74, 6) is -0.0635. The Hall–Kier alpha value is -1.55. The molecule has 0 radical (unpaired) electrons. The Bertz CT molecular complexity index is 380. The van der Waals surface area contributed by atoms with Gasteiger partial charge in [0.15, 0.2) is 0 Å². The lowest BCUT2D eigenvalue weighted by Gasteiger charge is -1.98. The number of benzene rings is 1. The summed E-state index contributed by atoms with van der Waals surface area (Å²) in [7, 11) is 0. The van der Waals surface area contributed by atoms with Crippen molar-refractivity contribution in [3.05, 3.63) is 34.9 Å². The van der Waals surface area contributed by atoms with Gasteiger partial charge in [-0.15, -0.1) is 5.10 Å². The van der Waals surface area contributed by atoms with Crippen molar-refractivity contribution in [2.75, 3.05) is 0 Å². The van der Waals surface area contributed by atoms with Gasteiger partial charge in [-0.25, -0.2) is 0 Å². The van der Waals surface area contributed by atoms with Gasteiger partial charge >= 0.3 is 0 Å². The standard InChI is InChI=1S/C9H11ClN4/c1-6(13-14-9(11)12)7-3-2-4-8(10)5-7/h2-5H,1H3,(H4,11,12,14)/b13-6+. The van der Waals surface area contributed by atoms with E-state index >= 15 is 0 Å². The predicted molar refractivity (Wildman–Crippen MR) is 59.5 cm³/mol. The first-order valence-corrected chi connectivity index (χ1v) is 4.36. The van der Waals surface area contributed by atoms with Crippen molar-refractivity contribution in [3.8, 4) is 0 Å². The van der Waals surface area contributed by atoms with E-state index in [0.29, 0.717) is 10.7 Å². The Balaban J connectivity index is 2.95. The molecule has 1 aromatic rings. The van der Waals surface area contributed by atoms with Crippen molar-refractivity contribution in [2.45, 2.75) is 6.92 Å². The molecule has 0 amide bonds. The fourth-order valence-corrected chi connectivity index (χ4v) is 1.09. The molecule has 1 rings (SSSR count). The van der Waals surface area contributed by atoms with E-state index in [9.17, 15) is 0 Å². The molecule has 0 aromatic heterocycles. The molecule has 4 N–H and O–H groups in total. The van der Waals surface area contributed by atoms with Gasteiger partial charge in [-0.2, -0.15) is 5.10 Å². The van der Waals surface area contributed by atoms with E-state index in [-0.39, 0.29) is 5.96 Å². The van der Waals surface area contributed by atoms with Gasteiger partial charge in [0.2, 0.25) is 5.96 Å². The third-order valence-electron chi connectivity index (χ3n) is 1.56. The molecule has 0 saturated heterocycles. The lowest BCUT2D eigenvalue weighted by Crippen LogP contribution is -2.22. The van der Waals surface area contributed by atoms with Crippen molar-refractivity contribution in [3.63, 3.8) is 0 Å². The normalized spacial score (nSPS) is 11.1. The number of guanidine groups is 1. The monoisotopic (exact) mass is 210 g/mol. The van der Waals surface area contributed by atoms with E-state index in [1.165, 1.54) is 0 Å². The molecule has 5 heteroatoms. The highest BCUT2D eigenvalue weighted by molar-refractivity contribution is 6.31. The smallest absolute Gasteiger partial charge is 0.211 e. The van der Waals surface area contributed by atoms with Crippen LogP contribution in [0.1, 0.15) is 12.5 Å². The van der Waals surface area contributed by atoms with E-state index in [1.807, 2.05) is 12.1 Å². The van der Waals surface area contributed by atoms with Crippen LogP contribution in [0.5, 0.6) is 0 Å². The van der Waals surface area contributed by atoms with Crippen LogP contribution < -0.4 is 11.5 Å². The summed E-state index contributed by atoms with van der Waals surface area (Å²) in [5, 5.41) is 8.03. The van der Waals surface area contributed by atoms with Crippen molar-refractivity contribution in [1.29, 1.82) is 0 Å². The van der Waals surface area contributed by atoms with Gasteiger partial charge in [0.05, 0.1) is 5.71 Å². The second-order valence-corrected chi connectivity index (χ2v) is 3.16. The van der Waals surface area contributed by atoms with Crippen LogP contribution in [0.4, 0.5) is 0 Å². The quantitative estimate of drug-likeness (QED) is 0.439. The van der Waals surface area contributed by atoms with E-state index in [0.717, 1.165) is 5.56 Å². The first-order valence-electron chi connectivity index (χ1n) is 3.98. The van der Waals surface area contributed by atoms with Gasteiger partial charge in [0.25, 0.3) is 0 Å². The van der Waals surface area contributed by atoms with Gasteiger partial charge in [0, 0.05) is 5.02 Å². The van der Waals surface area contributed by atoms with Crippen LogP contribution in [0.3, 0.4) is 0 Å². The maximum atomic E-state index is 5.81. The van der Waals surface area contributed by atoms with Gasteiger partial charge in [-0.1, -0.05) is 23.7 Å². The van der Waals surface area contributed by atoms with Crippen LogP contribution in [-0.4, -0.2) is 11.7 Å². The number of rotatable bonds is 2. The number of halogens is 1. The summed E-state index contributed by atoms with van der Waals surface area (Å²) in [4.78, 5) is 0. The summed E-state index contributed by atoms with van der Waals surface area (Å²) in [6.45, 7) is 1.80. The summed E-state index contributed by atoms with van der Waals surface area (Å²) in [6.07, 6.45) is 0. The Kier molecular flexibility index (Phi) is 3.48. The van der Waals surface area contributed by atoms with Crippen LogP contribution in [0.25, 0.3) is 0 Å². The Morgan fingerprint density at radius 2 is 2.00 bits per heavy atom. The average molecular weight is 211 g/mol. The lowest BCUT2D eigenvalue weighted by atomic mass is 10.1. The predicted octanol–water partition coefficient (Wildman–Crippen LogP) is 1.34. The Morgan fingerprint density at radius 3 is 2.57 bits per heavy atom. The van der Waals surface area contributed by atoms with Crippen molar-refractivity contribution in [2.24, 2.45) is 21.7 Å². The van der Waals surface area contributed by atoms with Gasteiger partial charge < -0.3 is 11.5 Å². The van der Waals surface area contributed by atoms with Gasteiger partial charge in [-0.05, 0) is 24.6 Å². The lowest BCUT2D eigenvalue weighted by molar-refractivity contribution is 1.20. The molecule has 0 saturated carbocycles. The highest BCUT2D eigenvalue weighted by Crippen LogP contribution is 2.11. The van der Waals surface area contributed by atoms with Crippen LogP contribution in [0.2, 0.25) is 5.02 Å². The number of hydrogen-bond acceptors (Lipinski definition) is 2. The molecular formula is C9H11ClN4. The van der Waals surface area contributed by atoms with Crippen LogP contribution in [-0.2, 0) is 0 Å². The van der Waals surface area contributed by atoms with E-state index in [1.54, 1.807) is 19.1 Å². The molecule has 0 spiro atoms. The second-order valence-electron chi connectivity index (χ2n) is 2.72. The second kappa shape index (κ2) is 4.62. The fourth-order valence-electron chi connectivity index (χ4n) is 0.904. The van der Waals surface area contributed by atoms with E-state index in [4.69, 9.17) is 23.1 Å². The zero-order chi connectivity index (χ0) is 10.6. The van der Waals surface area contributed by atoms with E-state index in [2.05, 4.69) is 10.2 Å². The molecule has 0 unspecified atom stereocenters. The third-order valence-corrected chi connectivity index (χ3v) is 1.79. The van der Waals surface area contributed by atoms with Gasteiger partial charge in [-0.3, -0.25) is 0 Å². The topological polar surface area (TPSA) is 76.8 Å². The minimum absolute atomic E-state index is 0.0635. The largest absolute Gasteiger partial charge is 0.369 e. The molecule has 0 bridgehead atoms. The summed E-state index contributed by atoms with van der Waals surface area (Å²) in [6, 6.07) is 7.31. The first-order chi connectivity index (χ1) is 6.59. The molecule has 4 nitrogen and oxygen atoms in total. The molecular weight excluding hydrogens is 200 g/mol. The molecule has 0 aliphatic rings. The molecule has 74 valence electrons. The van der Waals surface area contributed by atoms with Gasteiger partial charge in [0.1, 0.15) is 0 Å². The SMILES string of the molecule is C/C(=N\N=C(N)N)c1cccc(Cl)c1. The first kappa shape index (κ1) is 10.5. The third kappa shape index (κ3) is 3.06. The molecule has 0 fully saturated rings. The maximum Gasteiger partial charge on any atom is 0.211 e. The maximum absolute atomic E-state index is 5.81. The number of nitrogens with zero attached hydrogens (tertiary/aromatic N) is 2. The van der Waals surface area contributed by atoms with Crippen molar-refractivity contribution < 1.29 is 0 Å².